The van der Waals surface area contributed by atoms with E-state index in [2.05, 4.69) is 42.2 Å². The van der Waals surface area contributed by atoms with Crippen LogP contribution in [0, 0.1) is 0 Å². The predicted octanol–water partition coefficient (Wildman–Crippen LogP) is 7.22. The average Bonchev–Trinajstić information content (AvgIpc) is 3.49. The first-order valence-electron chi connectivity index (χ1n) is 13.9. The topological polar surface area (TPSA) is 68.2 Å². The molecule has 6 heteroatoms. The maximum absolute atomic E-state index is 11.9. The Bertz CT molecular complexity index is 1260. The molecule has 1 fully saturated rings. The summed E-state index contributed by atoms with van der Waals surface area (Å²) in [5, 5.41) is 9.76. The second-order valence-electron chi connectivity index (χ2n) is 9.66. The predicted molar refractivity (Wildman–Crippen MR) is 157 cm³/mol. The zero-order valence-electron chi connectivity index (χ0n) is 23.0. The van der Waals surface area contributed by atoms with E-state index in [1.807, 2.05) is 49.4 Å². The third-order valence-electron chi connectivity index (χ3n) is 6.69. The van der Waals surface area contributed by atoms with Crippen LogP contribution in [0.15, 0.2) is 72.3 Å². The molecule has 0 aromatic heterocycles. The van der Waals surface area contributed by atoms with Crippen molar-refractivity contribution in [2.45, 2.75) is 46.1 Å². The molecular weight excluding hydrogens is 490 g/mol. The van der Waals surface area contributed by atoms with Crippen LogP contribution in [0.4, 0.5) is 5.69 Å². The lowest BCUT2D eigenvalue weighted by molar-refractivity contribution is -0.132. The van der Waals surface area contributed by atoms with Gasteiger partial charge in [0.25, 0.3) is 0 Å². The van der Waals surface area contributed by atoms with E-state index >= 15 is 0 Å². The van der Waals surface area contributed by atoms with Crippen molar-refractivity contribution >= 4 is 17.7 Å². The Kier molecular flexibility index (Phi) is 10.4. The van der Waals surface area contributed by atoms with Gasteiger partial charge in [-0.05, 0) is 85.7 Å². The van der Waals surface area contributed by atoms with Crippen molar-refractivity contribution in [2.24, 2.45) is 0 Å². The third-order valence-corrected chi connectivity index (χ3v) is 6.69. The number of carboxylic acid groups (broad SMARTS) is 1. The van der Waals surface area contributed by atoms with Crippen molar-refractivity contribution in [1.29, 1.82) is 0 Å². The molecule has 2 aliphatic rings. The smallest absolute Gasteiger partial charge is 0.331 e. The van der Waals surface area contributed by atoms with Gasteiger partial charge < -0.3 is 24.2 Å². The summed E-state index contributed by atoms with van der Waals surface area (Å²) in [6.07, 6.45) is 5.80. The summed E-state index contributed by atoms with van der Waals surface area (Å²) in [7, 11) is 0. The van der Waals surface area contributed by atoms with Gasteiger partial charge in [0.2, 0.25) is 0 Å². The SMILES string of the molecule is C1CCOC1.CCCOc1cccc(CN2CCC(C(=O)O)=Cc3cc(-c4ccccc4OCC)ccc32)c1. The number of carboxylic acids is 1. The fourth-order valence-electron chi connectivity index (χ4n) is 4.77. The fourth-order valence-corrected chi connectivity index (χ4v) is 4.77. The van der Waals surface area contributed by atoms with Gasteiger partial charge in [-0.1, -0.05) is 43.3 Å². The number of ether oxygens (including phenoxy) is 3. The lowest BCUT2D eigenvalue weighted by Gasteiger charge is -2.26. The number of hydrogen-bond acceptors (Lipinski definition) is 5. The fraction of sp³-hybridized carbons (Fsp3) is 0.364. The Morgan fingerprint density at radius 3 is 2.51 bits per heavy atom. The van der Waals surface area contributed by atoms with Crippen molar-refractivity contribution < 1.29 is 24.1 Å². The van der Waals surface area contributed by atoms with Gasteiger partial charge in [0.15, 0.2) is 0 Å². The van der Waals surface area contributed by atoms with Gasteiger partial charge in [0, 0.05) is 43.1 Å². The molecule has 0 aliphatic carbocycles. The molecule has 0 amide bonds. The van der Waals surface area contributed by atoms with Crippen LogP contribution in [0.3, 0.4) is 0 Å². The first kappa shape index (κ1) is 28.2. The van der Waals surface area contributed by atoms with Gasteiger partial charge in [0.1, 0.15) is 11.5 Å². The van der Waals surface area contributed by atoms with Gasteiger partial charge in [-0.15, -0.1) is 0 Å². The molecule has 206 valence electrons. The Morgan fingerprint density at radius 1 is 0.974 bits per heavy atom. The average molecular weight is 530 g/mol. The summed E-state index contributed by atoms with van der Waals surface area (Å²) in [5.41, 5.74) is 5.46. The highest BCUT2D eigenvalue weighted by Gasteiger charge is 2.20. The standard InChI is InChI=1S/C29H31NO4.C4H8O/c1-3-16-34-25-9-7-8-21(17-25)20-30-15-14-23(29(31)32)19-24-18-22(12-13-27(24)30)26-10-5-6-11-28(26)33-4-2;1-2-4-5-3-1/h5-13,17-19H,3-4,14-16,20H2,1-2H3,(H,31,32);1-4H2. The van der Waals surface area contributed by atoms with Gasteiger partial charge in [-0.25, -0.2) is 4.79 Å². The molecule has 6 nitrogen and oxygen atoms in total. The quantitative estimate of drug-likeness (QED) is 0.316. The molecule has 5 rings (SSSR count). The number of carbonyl (C=O) groups is 1. The van der Waals surface area contributed by atoms with E-state index in [9.17, 15) is 9.90 Å². The van der Waals surface area contributed by atoms with Gasteiger partial charge >= 0.3 is 5.97 Å². The van der Waals surface area contributed by atoms with E-state index in [0.29, 0.717) is 38.3 Å². The van der Waals surface area contributed by atoms with E-state index in [1.54, 1.807) is 0 Å². The second kappa shape index (κ2) is 14.4. The Morgan fingerprint density at radius 2 is 1.79 bits per heavy atom. The van der Waals surface area contributed by atoms with Gasteiger partial charge in [-0.3, -0.25) is 0 Å². The molecule has 0 saturated carbocycles. The molecule has 39 heavy (non-hydrogen) atoms. The first-order valence-corrected chi connectivity index (χ1v) is 13.9. The number of aliphatic carboxylic acids is 1. The Balaban J connectivity index is 0.000000634. The summed E-state index contributed by atoms with van der Waals surface area (Å²) in [6, 6.07) is 22.3. The lowest BCUT2D eigenvalue weighted by Crippen LogP contribution is -2.24. The van der Waals surface area contributed by atoms with Gasteiger partial charge in [-0.2, -0.15) is 0 Å². The molecule has 1 N–H and O–H groups in total. The number of hydrogen-bond donors (Lipinski definition) is 1. The van der Waals surface area contributed by atoms with Crippen molar-refractivity contribution in [3.63, 3.8) is 0 Å². The number of nitrogens with zero attached hydrogens (tertiary/aromatic N) is 1. The van der Waals surface area contributed by atoms with E-state index < -0.39 is 5.97 Å². The summed E-state index contributed by atoms with van der Waals surface area (Å²) < 4.78 is 16.6. The summed E-state index contributed by atoms with van der Waals surface area (Å²) in [4.78, 5) is 14.1. The van der Waals surface area contributed by atoms with Crippen LogP contribution in [-0.2, 0) is 16.1 Å². The zero-order chi connectivity index (χ0) is 27.5. The van der Waals surface area contributed by atoms with Crippen LogP contribution in [0.25, 0.3) is 17.2 Å². The summed E-state index contributed by atoms with van der Waals surface area (Å²) in [6.45, 7) is 8.63. The highest BCUT2D eigenvalue weighted by molar-refractivity contribution is 5.94. The zero-order valence-corrected chi connectivity index (χ0v) is 23.0. The molecular formula is C33H39NO5. The van der Waals surface area contributed by atoms with Crippen LogP contribution in [0.2, 0.25) is 0 Å². The molecule has 0 radical (unpaired) electrons. The molecule has 2 aliphatic heterocycles. The second-order valence-corrected chi connectivity index (χ2v) is 9.66. The van der Waals surface area contributed by atoms with Crippen molar-refractivity contribution in [1.82, 2.24) is 0 Å². The van der Waals surface area contributed by atoms with Crippen LogP contribution < -0.4 is 14.4 Å². The largest absolute Gasteiger partial charge is 0.494 e. The number of benzene rings is 3. The molecule has 3 aromatic carbocycles. The minimum Gasteiger partial charge on any atom is -0.494 e. The lowest BCUT2D eigenvalue weighted by atomic mass is 9.99. The molecule has 0 spiro atoms. The van der Waals surface area contributed by atoms with E-state index in [1.165, 1.54) is 12.8 Å². The van der Waals surface area contributed by atoms with Crippen molar-refractivity contribution in [3.05, 3.63) is 83.4 Å². The maximum Gasteiger partial charge on any atom is 0.331 e. The molecule has 2 heterocycles. The molecule has 0 atom stereocenters. The molecule has 0 bridgehead atoms. The maximum atomic E-state index is 11.9. The number of fused-ring (bicyclic) bond motifs is 1. The van der Waals surface area contributed by atoms with Crippen LogP contribution >= 0.6 is 0 Å². The first-order chi connectivity index (χ1) is 19.1. The van der Waals surface area contributed by atoms with Crippen LogP contribution in [0.5, 0.6) is 11.5 Å². The number of rotatable bonds is 9. The minimum atomic E-state index is -0.872. The molecule has 1 saturated heterocycles. The minimum absolute atomic E-state index is 0.416. The van der Waals surface area contributed by atoms with Crippen molar-refractivity contribution in [2.75, 3.05) is 37.9 Å². The van der Waals surface area contributed by atoms with E-state index in [0.717, 1.165) is 59.1 Å². The van der Waals surface area contributed by atoms with Crippen LogP contribution in [-0.4, -0.2) is 44.0 Å². The monoisotopic (exact) mass is 529 g/mol. The van der Waals surface area contributed by atoms with Gasteiger partial charge in [0.05, 0.1) is 13.2 Å². The van der Waals surface area contributed by atoms with Crippen molar-refractivity contribution in [3.8, 4) is 22.6 Å². The van der Waals surface area contributed by atoms with E-state index in [4.69, 9.17) is 14.2 Å². The Labute approximate surface area is 231 Å². The number of anilines is 1. The van der Waals surface area contributed by atoms with E-state index in [-0.39, 0.29) is 0 Å². The highest BCUT2D eigenvalue weighted by atomic mass is 16.5. The third kappa shape index (κ3) is 7.87. The Hall–Kier alpha value is -3.77. The summed E-state index contributed by atoms with van der Waals surface area (Å²) in [5.74, 6) is 0.811. The number of para-hydroxylation sites is 1. The normalized spacial score (nSPS) is 14.4. The van der Waals surface area contributed by atoms with Crippen LogP contribution in [0.1, 0.15) is 50.7 Å². The molecule has 0 unspecified atom stereocenters. The summed E-state index contributed by atoms with van der Waals surface area (Å²) >= 11 is 0. The molecule has 3 aromatic rings. The highest BCUT2D eigenvalue weighted by Crippen LogP contribution is 2.36.